The molecule has 2 aromatic carbocycles. The summed E-state index contributed by atoms with van der Waals surface area (Å²) in [6.07, 6.45) is 1.71. The van der Waals surface area contributed by atoms with Crippen LogP contribution in [0.4, 0.5) is 17.1 Å². The Bertz CT molecular complexity index is 1860. The predicted molar refractivity (Wildman–Crippen MR) is 155 cm³/mol. The van der Waals surface area contributed by atoms with E-state index in [9.17, 15) is 49.0 Å². The number of hydrogen-bond donors (Lipinski definition) is 3. The zero-order valence-corrected chi connectivity index (χ0v) is 23.8. The van der Waals surface area contributed by atoms with E-state index in [1.54, 1.807) is 18.2 Å². The Kier molecular flexibility index (Phi) is 9.22. The molecule has 0 saturated heterocycles. The van der Waals surface area contributed by atoms with Gasteiger partial charge in [-0.25, -0.2) is 4.98 Å². The molecule has 0 aliphatic carbocycles. The summed E-state index contributed by atoms with van der Waals surface area (Å²) in [5.41, 5.74) is 6.44. The maximum Gasteiger partial charge on any atom is 0.288 e. The quantitative estimate of drug-likeness (QED) is 0.150. The third-order valence-electron chi connectivity index (χ3n) is 6.70. The molecule has 0 bridgehead atoms. The van der Waals surface area contributed by atoms with Crippen molar-refractivity contribution in [3.63, 3.8) is 0 Å². The van der Waals surface area contributed by atoms with Crippen molar-refractivity contribution in [3.8, 4) is 0 Å². The van der Waals surface area contributed by atoms with E-state index >= 15 is 0 Å². The molecular weight excluding hydrogens is 610 g/mol. The third kappa shape index (κ3) is 6.13. The highest BCUT2D eigenvalue weighted by atomic mass is 16.6. The van der Waals surface area contributed by atoms with E-state index in [-0.39, 0.29) is 58.7 Å². The molecule has 6 amide bonds. The Morgan fingerprint density at radius 2 is 1.26 bits per heavy atom. The largest absolute Gasteiger partial charge is 0.399 e. The zero-order chi connectivity index (χ0) is 33.9. The van der Waals surface area contributed by atoms with Crippen LogP contribution in [0.3, 0.4) is 0 Å². The Morgan fingerprint density at radius 1 is 0.739 bits per heavy atom. The Balaban J connectivity index is 0.000000157. The molecule has 0 saturated carbocycles. The van der Waals surface area contributed by atoms with Crippen LogP contribution in [0.1, 0.15) is 75.6 Å². The van der Waals surface area contributed by atoms with E-state index in [2.05, 4.69) is 4.98 Å². The summed E-state index contributed by atoms with van der Waals surface area (Å²) in [5, 5.41) is 31.6. The lowest BCUT2D eigenvalue weighted by molar-refractivity contribution is -0.385. The molecular formula is C28H23N7O11. The molecule has 46 heavy (non-hydrogen) atoms. The van der Waals surface area contributed by atoms with Gasteiger partial charge in [-0.15, -0.1) is 0 Å². The summed E-state index contributed by atoms with van der Waals surface area (Å²) >= 11 is 0. The summed E-state index contributed by atoms with van der Waals surface area (Å²) in [6, 6.07) is 9.35. The lowest BCUT2D eigenvalue weighted by Gasteiger charge is -2.11. The van der Waals surface area contributed by atoms with Crippen LogP contribution in [0.5, 0.6) is 0 Å². The van der Waals surface area contributed by atoms with Crippen LogP contribution in [0, 0.1) is 20.2 Å². The number of non-ortho nitro benzene ring substituents is 1. The SMILES string of the molecule is CCCN1C(=O)c2ccc(N)cc2C1=O.O=C1NC(=O)c2ncc([N+](=O)[O-])cc21.O=C1c2ccc([N+](=O)[O-])cc2C(=O)N1CCO. The van der Waals surface area contributed by atoms with E-state index in [1.807, 2.05) is 12.2 Å². The highest BCUT2D eigenvalue weighted by Gasteiger charge is 2.37. The fraction of sp³-hybridized carbons (Fsp3) is 0.179. The molecule has 4 heterocycles. The van der Waals surface area contributed by atoms with Crippen molar-refractivity contribution in [3.05, 3.63) is 102 Å². The Hall–Kier alpha value is -6.43. The molecule has 3 aromatic rings. The van der Waals surface area contributed by atoms with Gasteiger partial charge in [-0.3, -0.25) is 64.1 Å². The number of β-amino-alcohol motifs (C(OH)–C–C–N with tert-alkyl or cyclic N) is 1. The average molecular weight is 634 g/mol. The van der Waals surface area contributed by atoms with Gasteiger partial charge in [-0.05, 0) is 30.7 Å². The number of nitro benzene ring substituents is 1. The van der Waals surface area contributed by atoms with Crippen molar-refractivity contribution in [2.24, 2.45) is 0 Å². The van der Waals surface area contributed by atoms with Crippen molar-refractivity contribution in [1.29, 1.82) is 0 Å². The number of aliphatic hydroxyl groups is 1. The maximum atomic E-state index is 11.8. The minimum atomic E-state index is -0.677. The number of imide groups is 3. The number of nitrogens with zero attached hydrogens (tertiary/aromatic N) is 5. The highest BCUT2D eigenvalue weighted by molar-refractivity contribution is 6.22. The second-order valence-electron chi connectivity index (χ2n) is 9.67. The van der Waals surface area contributed by atoms with E-state index in [4.69, 9.17) is 10.8 Å². The number of rotatable bonds is 6. The van der Waals surface area contributed by atoms with Crippen molar-refractivity contribution in [2.75, 3.05) is 25.4 Å². The normalized spacial score (nSPS) is 14.1. The molecule has 0 unspecified atom stereocenters. The van der Waals surface area contributed by atoms with Crippen LogP contribution < -0.4 is 11.1 Å². The second-order valence-corrected chi connectivity index (χ2v) is 9.67. The zero-order valence-electron chi connectivity index (χ0n) is 23.8. The minimum absolute atomic E-state index is 0.0117. The number of carbonyl (C=O) groups is 6. The number of benzene rings is 2. The van der Waals surface area contributed by atoms with Gasteiger partial charge in [0, 0.05) is 30.4 Å². The molecule has 236 valence electrons. The topological polar surface area (TPSA) is 266 Å². The van der Waals surface area contributed by atoms with Crippen LogP contribution in [-0.4, -0.2) is 84.9 Å². The molecule has 6 rings (SSSR count). The molecule has 18 heteroatoms. The van der Waals surface area contributed by atoms with Gasteiger partial charge in [-0.2, -0.15) is 0 Å². The summed E-state index contributed by atoms with van der Waals surface area (Å²) < 4.78 is 0. The molecule has 1 aromatic heterocycles. The number of anilines is 1. The number of nitro groups is 2. The summed E-state index contributed by atoms with van der Waals surface area (Å²) in [5.74, 6) is -2.86. The van der Waals surface area contributed by atoms with Gasteiger partial charge in [0.2, 0.25) is 0 Å². The van der Waals surface area contributed by atoms with E-state index in [1.165, 1.54) is 17.0 Å². The van der Waals surface area contributed by atoms with E-state index in [0.717, 1.165) is 29.7 Å². The average Bonchev–Trinajstić information content (AvgIpc) is 3.55. The fourth-order valence-corrected chi connectivity index (χ4v) is 4.57. The Labute approximate surface area is 257 Å². The summed E-state index contributed by atoms with van der Waals surface area (Å²) in [7, 11) is 0. The van der Waals surface area contributed by atoms with Gasteiger partial charge >= 0.3 is 0 Å². The number of carbonyl (C=O) groups excluding carboxylic acids is 6. The molecule has 0 atom stereocenters. The number of nitrogens with two attached hydrogens (primary N) is 1. The van der Waals surface area contributed by atoms with Gasteiger partial charge in [0.15, 0.2) is 0 Å². The van der Waals surface area contributed by atoms with Gasteiger partial charge in [0.25, 0.3) is 46.8 Å². The van der Waals surface area contributed by atoms with Crippen LogP contribution in [0.25, 0.3) is 0 Å². The first-order valence-electron chi connectivity index (χ1n) is 13.3. The second kappa shape index (κ2) is 13.1. The van der Waals surface area contributed by atoms with Gasteiger partial charge in [0.1, 0.15) is 11.9 Å². The number of nitrogen functional groups attached to an aromatic ring is 1. The molecule has 0 spiro atoms. The van der Waals surface area contributed by atoms with Crippen LogP contribution in [-0.2, 0) is 0 Å². The van der Waals surface area contributed by atoms with Gasteiger partial charge in [0.05, 0.1) is 50.8 Å². The van der Waals surface area contributed by atoms with Crippen LogP contribution in [0.15, 0.2) is 48.7 Å². The van der Waals surface area contributed by atoms with Crippen molar-refractivity contribution in [2.45, 2.75) is 13.3 Å². The smallest absolute Gasteiger partial charge is 0.288 e. The summed E-state index contributed by atoms with van der Waals surface area (Å²) in [4.78, 5) is 94.3. The first kappa shape index (κ1) is 32.5. The van der Waals surface area contributed by atoms with Crippen molar-refractivity contribution >= 4 is 52.5 Å². The van der Waals surface area contributed by atoms with Crippen LogP contribution in [0.2, 0.25) is 0 Å². The number of hydrogen-bond acceptors (Lipinski definition) is 13. The number of aromatic nitrogens is 1. The first-order chi connectivity index (χ1) is 21.8. The molecule has 18 nitrogen and oxygen atoms in total. The molecule has 0 radical (unpaired) electrons. The van der Waals surface area contributed by atoms with Crippen molar-refractivity contribution < 1.29 is 43.7 Å². The van der Waals surface area contributed by atoms with Gasteiger partial charge in [-0.1, -0.05) is 6.92 Å². The minimum Gasteiger partial charge on any atom is -0.399 e. The lowest BCUT2D eigenvalue weighted by atomic mass is 10.1. The standard InChI is InChI=1S/C11H12N2O2.C10H8N2O5.C7H3N3O4/c1-2-5-13-10(14)8-4-3-7(12)6-9(8)11(13)15;13-4-3-11-9(14)7-2-1-6(12(16)17)5-8(7)10(11)15;11-6-4-1-3(10(13)14)2-8-5(4)7(12)9-6/h3-4,6H,2,5,12H2,1H3;1-2,5,13H,3-4H2;1-2H,(H,9,11,12). The molecule has 4 N–H and O–H groups in total. The number of nitrogens with one attached hydrogen (secondary N) is 1. The molecule has 0 fully saturated rings. The first-order valence-corrected chi connectivity index (χ1v) is 13.3. The predicted octanol–water partition coefficient (Wildman–Crippen LogP) is 1.33. The number of pyridine rings is 1. The number of fused-ring (bicyclic) bond motifs is 3. The number of aliphatic hydroxyl groups excluding tert-OH is 1. The Morgan fingerprint density at radius 3 is 1.83 bits per heavy atom. The lowest BCUT2D eigenvalue weighted by Crippen LogP contribution is -2.32. The summed E-state index contributed by atoms with van der Waals surface area (Å²) in [6.45, 7) is 1.94. The molecule has 3 aliphatic heterocycles. The molecule has 3 aliphatic rings. The number of amides is 6. The monoisotopic (exact) mass is 633 g/mol. The van der Waals surface area contributed by atoms with Gasteiger partial charge < -0.3 is 10.8 Å². The third-order valence-corrected chi connectivity index (χ3v) is 6.70. The van der Waals surface area contributed by atoms with E-state index < -0.39 is 33.5 Å². The fourth-order valence-electron chi connectivity index (χ4n) is 4.57. The van der Waals surface area contributed by atoms with E-state index in [0.29, 0.717) is 23.4 Å². The maximum absolute atomic E-state index is 11.8. The van der Waals surface area contributed by atoms with Crippen LogP contribution >= 0.6 is 0 Å². The van der Waals surface area contributed by atoms with Crippen molar-refractivity contribution in [1.82, 2.24) is 20.1 Å². The highest BCUT2D eigenvalue weighted by Crippen LogP contribution is 2.27.